The van der Waals surface area contributed by atoms with Gasteiger partial charge in [-0.2, -0.15) is 26.3 Å². The van der Waals surface area contributed by atoms with Crippen molar-refractivity contribution in [3.05, 3.63) is 40.8 Å². The fourth-order valence-electron chi connectivity index (χ4n) is 1.76. The van der Waals surface area contributed by atoms with Crippen molar-refractivity contribution in [1.82, 2.24) is 14.3 Å². The van der Waals surface area contributed by atoms with Gasteiger partial charge in [0.05, 0.1) is 0 Å². The van der Waals surface area contributed by atoms with Crippen molar-refractivity contribution < 1.29 is 22.0 Å². The van der Waals surface area contributed by atoms with E-state index in [9.17, 15) is 22.0 Å². The maximum Gasteiger partial charge on any atom is 0.459 e. The summed E-state index contributed by atoms with van der Waals surface area (Å²) in [6, 6.07) is 6.45. The third-order valence-corrected chi connectivity index (χ3v) is 4.30. The van der Waals surface area contributed by atoms with E-state index in [0.717, 1.165) is 16.7 Å². The Hall–Kier alpha value is -1.94. The molecule has 2 heterocycles. The largest absolute Gasteiger partial charge is 0.459 e. The average molecular weight is 363 g/mol. The van der Waals surface area contributed by atoms with Crippen LogP contribution in [0.25, 0.3) is 22.0 Å². The van der Waals surface area contributed by atoms with E-state index in [1.54, 1.807) is 29.8 Å². The van der Waals surface area contributed by atoms with Crippen LogP contribution in [0.15, 0.2) is 35.2 Å². The van der Waals surface area contributed by atoms with Gasteiger partial charge in [-0.1, -0.05) is 24.3 Å². The Labute approximate surface area is 134 Å². The van der Waals surface area contributed by atoms with Gasteiger partial charge in [0.25, 0.3) is 0 Å². The van der Waals surface area contributed by atoms with Crippen molar-refractivity contribution in [2.75, 3.05) is 0 Å². The normalized spacial score (nSPS) is 12.6. The van der Waals surface area contributed by atoms with Crippen LogP contribution in [0.1, 0.15) is 5.69 Å². The fourth-order valence-corrected chi connectivity index (χ4v) is 3.05. The lowest BCUT2D eigenvalue weighted by Crippen LogP contribution is -2.33. The molecule has 0 fully saturated rings. The number of hydrogen-bond donors (Lipinski definition) is 0. The van der Waals surface area contributed by atoms with E-state index in [0.29, 0.717) is 17.0 Å². The highest BCUT2D eigenvalue weighted by Gasteiger charge is 2.60. The van der Waals surface area contributed by atoms with E-state index < -0.39 is 17.8 Å². The second-order valence-electron chi connectivity index (χ2n) is 4.44. The Morgan fingerprint density at radius 2 is 1.57 bits per heavy atom. The Morgan fingerprint density at radius 3 is 2.13 bits per heavy atom. The van der Waals surface area contributed by atoms with Gasteiger partial charge in [-0.25, -0.2) is 9.97 Å². The molecular formula is C13H6F5N3S2. The number of halogens is 5. The van der Waals surface area contributed by atoms with Gasteiger partial charge in [-0.05, 0) is 11.5 Å². The molecule has 3 nitrogen and oxygen atoms in total. The van der Waals surface area contributed by atoms with Crippen molar-refractivity contribution in [3.63, 3.8) is 0 Å². The van der Waals surface area contributed by atoms with Crippen LogP contribution in [0.5, 0.6) is 0 Å². The molecule has 0 aliphatic carbocycles. The van der Waals surface area contributed by atoms with Gasteiger partial charge in [0.2, 0.25) is 0 Å². The summed E-state index contributed by atoms with van der Waals surface area (Å²) in [7, 11) is 0. The van der Waals surface area contributed by atoms with E-state index in [4.69, 9.17) is 0 Å². The third kappa shape index (κ3) is 2.95. The molecule has 23 heavy (non-hydrogen) atoms. The minimum absolute atomic E-state index is 0.0849. The van der Waals surface area contributed by atoms with Crippen molar-refractivity contribution in [3.8, 4) is 22.0 Å². The molecule has 3 aromatic rings. The topological polar surface area (TPSA) is 38.7 Å². The summed E-state index contributed by atoms with van der Waals surface area (Å²) in [5.41, 5.74) is 1.43. The summed E-state index contributed by atoms with van der Waals surface area (Å²) in [5.74, 6) is -4.45. The van der Waals surface area contributed by atoms with E-state index in [1.807, 2.05) is 0 Å². The molecule has 0 saturated carbocycles. The number of benzene rings is 1. The third-order valence-electron chi connectivity index (χ3n) is 2.93. The van der Waals surface area contributed by atoms with Crippen LogP contribution in [-0.4, -0.2) is 20.5 Å². The first-order valence-corrected chi connectivity index (χ1v) is 7.78. The predicted molar refractivity (Wildman–Crippen MR) is 76.4 cm³/mol. The Morgan fingerprint density at radius 1 is 0.913 bits per heavy atom. The summed E-state index contributed by atoms with van der Waals surface area (Å²) >= 11 is 1.91. The van der Waals surface area contributed by atoms with Crippen LogP contribution in [0, 0.1) is 0 Å². The number of nitrogens with zero attached hydrogens (tertiary/aromatic N) is 3. The van der Waals surface area contributed by atoms with Crippen molar-refractivity contribution in [1.29, 1.82) is 0 Å². The minimum atomic E-state index is -5.67. The molecule has 0 radical (unpaired) electrons. The second-order valence-corrected chi connectivity index (χ2v) is 5.90. The quantitative estimate of drug-likeness (QED) is 0.616. The molecule has 0 bridgehead atoms. The van der Waals surface area contributed by atoms with Crippen LogP contribution in [0.3, 0.4) is 0 Å². The number of thiazole rings is 1. The van der Waals surface area contributed by atoms with Gasteiger partial charge in [0.15, 0.2) is 5.82 Å². The molecule has 1 aromatic carbocycles. The molecule has 0 saturated heterocycles. The van der Waals surface area contributed by atoms with Crippen LogP contribution in [0.2, 0.25) is 0 Å². The molecule has 0 unspecified atom stereocenters. The fraction of sp³-hybridized carbons (Fsp3) is 0.154. The number of hydrogen-bond acceptors (Lipinski definition) is 5. The molecule has 120 valence electrons. The lowest BCUT2D eigenvalue weighted by molar-refractivity contribution is -0.290. The molecule has 10 heteroatoms. The van der Waals surface area contributed by atoms with Crippen molar-refractivity contribution in [2.45, 2.75) is 12.1 Å². The van der Waals surface area contributed by atoms with Gasteiger partial charge >= 0.3 is 12.1 Å². The van der Waals surface area contributed by atoms with E-state index in [-0.39, 0.29) is 5.01 Å². The standard InChI is InChI=1S/C13H6F5N3S2/c14-12(15,13(16,17)18)9-5-22-11(20-9)8-3-1-7(2-4-8)10-19-6-23-21-10/h1-6H. The molecule has 0 spiro atoms. The molecule has 0 aliphatic rings. The Bertz CT molecular complexity index is 794. The molecule has 0 N–H and O–H groups in total. The first-order valence-electron chi connectivity index (χ1n) is 6.07. The highest BCUT2D eigenvalue weighted by molar-refractivity contribution is 7.13. The number of rotatable bonds is 3. The summed E-state index contributed by atoms with van der Waals surface area (Å²) in [6.45, 7) is 0. The van der Waals surface area contributed by atoms with Crippen LogP contribution < -0.4 is 0 Å². The van der Waals surface area contributed by atoms with E-state index in [1.165, 1.54) is 11.5 Å². The zero-order valence-corrected chi connectivity index (χ0v) is 12.6. The van der Waals surface area contributed by atoms with E-state index >= 15 is 0 Å². The molecule has 0 atom stereocenters. The molecule has 2 aromatic heterocycles. The van der Waals surface area contributed by atoms with Crippen LogP contribution >= 0.6 is 22.9 Å². The first-order chi connectivity index (χ1) is 10.8. The van der Waals surface area contributed by atoms with Gasteiger partial charge in [-0.3, -0.25) is 0 Å². The second kappa shape index (κ2) is 5.60. The smallest absolute Gasteiger partial charge is 0.234 e. The van der Waals surface area contributed by atoms with Crippen molar-refractivity contribution in [2.24, 2.45) is 0 Å². The van der Waals surface area contributed by atoms with Crippen LogP contribution in [0.4, 0.5) is 22.0 Å². The average Bonchev–Trinajstić information content (AvgIpc) is 3.18. The first kappa shape index (κ1) is 15.9. The molecule has 0 aliphatic heterocycles. The zero-order valence-electron chi connectivity index (χ0n) is 11.0. The zero-order chi connectivity index (χ0) is 16.7. The monoisotopic (exact) mass is 363 g/mol. The van der Waals surface area contributed by atoms with E-state index in [2.05, 4.69) is 14.3 Å². The summed E-state index contributed by atoms with van der Waals surface area (Å²) in [6.07, 6.45) is -5.67. The van der Waals surface area contributed by atoms with Crippen LogP contribution in [-0.2, 0) is 5.92 Å². The summed E-state index contributed by atoms with van der Waals surface area (Å²) in [4.78, 5) is 7.45. The molecule has 3 rings (SSSR count). The van der Waals surface area contributed by atoms with Gasteiger partial charge in [0.1, 0.15) is 16.2 Å². The minimum Gasteiger partial charge on any atom is -0.234 e. The predicted octanol–water partition coefficient (Wildman–Crippen LogP) is 4.98. The maximum atomic E-state index is 13.2. The summed E-state index contributed by atoms with van der Waals surface area (Å²) < 4.78 is 67.6. The van der Waals surface area contributed by atoms with Gasteiger partial charge in [0, 0.05) is 16.5 Å². The highest BCUT2D eigenvalue weighted by Crippen LogP contribution is 2.44. The number of aromatic nitrogens is 3. The van der Waals surface area contributed by atoms with Crippen molar-refractivity contribution >= 4 is 22.9 Å². The maximum absolute atomic E-state index is 13.2. The Kier molecular flexibility index (Phi) is 3.88. The Balaban J connectivity index is 1.89. The van der Waals surface area contributed by atoms with Gasteiger partial charge < -0.3 is 0 Å². The molecule has 0 amide bonds. The SMILES string of the molecule is FC(F)(F)C(F)(F)c1csc(-c2ccc(-c3ncsn3)cc2)n1. The lowest BCUT2D eigenvalue weighted by atomic mass is 10.1. The number of alkyl halides is 5. The lowest BCUT2D eigenvalue weighted by Gasteiger charge is -2.16. The molecular weight excluding hydrogens is 357 g/mol. The highest BCUT2D eigenvalue weighted by atomic mass is 32.1. The van der Waals surface area contributed by atoms with Gasteiger partial charge in [-0.15, -0.1) is 11.3 Å². The summed E-state index contributed by atoms with van der Waals surface area (Å²) in [5, 5.41) is 0.806.